The molecule has 0 aliphatic carbocycles. The number of aliphatic hydroxyl groups excluding tert-OH is 1. The zero-order valence-electron chi connectivity index (χ0n) is 12.8. The third kappa shape index (κ3) is 9.46. The first-order chi connectivity index (χ1) is 8.28. The molecule has 0 fully saturated rings. The van der Waals surface area contributed by atoms with Gasteiger partial charge in [-0.1, -0.05) is 41.0 Å². The molecule has 1 amide bonds. The molecule has 0 spiro atoms. The Morgan fingerprint density at radius 1 is 1.33 bits per heavy atom. The van der Waals surface area contributed by atoms with Crippen LogP contribution in [0.15, 0.2) is 0 Å². The molecule has 18 heavy (non-hydrogen) atoms. The van der Waals surface area contributed by atoms with Gasteiger partial charge in [-0.25, -0.2) is 0 Å². The van der Waals surface area contributed by atoms with E-state index in [9.17, 15) is 4.79 Å². The molecule has 0 aliphatic rings. The Labute approximate surface area is 112 Å². The molecule has 0 heterocycles. The Morgan fingerprint density at radius 2 is 1.94 bits per heavy atom. The van der Waals surface area contributed by atoms with E-state index in [0.29, 0.717) is 24.8 Å². The summed E-state index contributed by atoms with van der Waals surface area (Å²) in [5.41, 5.74) is 0.280. The molecule has 0 aromatic rings. The fraction of sp³-hybridized carbons (Fsp3) is 0.933. The highest BCUT2D eigenvalue weighted by atomic mass is 16.3. The molecular formula is C15H31NO2. The molecular weight excluding hydrogens is 226 g/mol. The van der Waals surface area contributed by atoms with E-state index < -0.39 is 0 Å². The normalized spacial score (nSPS) is 15.2. The Balaban J connectivity index is 3.89. The highest BCUT2D eigenvalue weighted by Crippen LogP contribution is 2.25. The summed E-state index contributed by atoms with van der Waals surface area (Å²) in [5, 5.41) is 11.9. The van der Waals surface area contributed by atoms with Crippen molar-refractivity contribution in [3.8, 4) is 0 Å². The Hall–Kier alpha value is -0.570. The van der Waals surface area contributed by atoms with Crippen molar-refractivity contribution in [1.29, 1.82) is 0 Å². The van der Waals surface area contributed by atoms with Gasteiger partial charge in [-0.05, 0) is 30.1 Å². The zero-order valence-corrected chi connectivity index (χ0v) is 12.8. The van der Waals surface area contributed by atoms with Gasteiger partial charge in [0.15, 0.2) is 0 Å². The van der Waals surface area contributed by atoms with Gasteiger partial charge >= 0.3 is 0 Å². The van der Waals surface area contributed by atoms with E-state index in [-0.39, 0.29) is 17.9 Å². The molecule has 0 saturated carbocycles. The summed E-state index contributed by atoms with van der Waals surface area (Å²) in [6, 6.07) is 0. The molecule has 108 valence electrons. The molecule has 2 unspecified atom stereocenters. The van der Waals surface area contributed by atoms with Gasteiger partial charge in [0.25, 0.3) is 0 Å². The minimum absolute atomic E-state index is 0.142. The largest absolute Gasteiger partial charge is 0.396 e. The summed E-state index contributed by atoms with van der Waals surface area (Å²) >= 11 is 0. The fourth-order valence-electron chi connectivity index (χ4n) is 2.40. The van der Waals surface area contributed by atoms with Crippen LogP contribution in [0.25, 0.3) is 0 Å². The predicted molar refractivity (Wildman–Crippen MR) is 76.3 cm³/mol. The lowest BCUT2D eigenvalue weighted by Crippen LogP contribution is -2.31. The third-order valence-electron chi connectivity index (χ3n) is 3.20. The number of aliphatic hydroxyl groups is 1. The predicted octanol–water partition coefficient (Wildman–Crippen LogP) is 2.97. The standard InChI is InChI=1S/C15H31NO2/c1-6-13(7-8-17)11-16-14(18)9-12(2)10-15(3,4)5/h12-13,17H,6-11H2,1-5H3,(H,16,18). The number of hydrogen-bond donors (Lipinski definition) is 2. The first-order valence-electron chi connectivity index (χ1n) is 7.16. The minimum Gasteiger partial charge on any atom is -0.396 e. The van der Waals surface area contributed by atoms with Crippen LogP contribution < -0.4 is 5.32 Å². The lowest BCUT2D eigenvalue weighted by Gasteiger charge is -2.23. The van der Waals surface area contributed by atoms with Crippen molar-refractivity contribution in [3.63, 3.8) is 0 Å². The highest BCUT2D eigenvalue weighted by molar-refractivity contribution is 5.76. The second-order valence-corrected chi connectivity index (χ2v) is 6.66. The van der Waals surface area contributed by atoms with E-state index in [0.717, 1.165) is 19.3 Å². The summed E-state index contributed by atoms with van der Waals surface area (Å²) in [5.74, 6) is 0.961. The van der Waals surface area contributed by atoms with Crippen LogP contribution in [0.2, 0.25) is 0 Å². The summed E-state index contributed by atoms with van der Waals surface area (Å²) in [6.45, 7) is 11.7. The number of nitrogens with one attached hydrogen (secondary N) is 1. The number of carbonyl (C=O) groups excluding carboxylic acids is 1. The molecule has 3 nitrogen and oxygen atoms in total. The molecule has 0 rings (SSSR count). The lowest BCUT2D eigenvalue weighted by atomic mass is 9.84. The van der Waals surface area contributed by atoms with Crippen LogP contribution in [-0.2, 0) is 4.79 Å². The molecule has 3 heteroatoms. The van der Waals surface area contributed by atoms with E-state index >= 15 is 0 Å². The molecule has 0 radical (unpaired) electrons. The topological polar surface area (TPSA) is 49.3 Å². The average Bonchev–Trinajstić information content (AvgIpc) is 2.21. The maximum Gasteiger partial charge on any atom is 0.220 e. The maximum atomic E-state index is 11.8. The van der Waals surface area contributed by atoms with Gasteiger partial charge in [-0.15, -0.1) is 0 Å². The van der Waals surface area contributed by atoms with Crippen LogP contribution in [-0.4, -0.2) is 24.2 Å². The van der Waals surface area contributed by atoms with E-state index in [1.165, 1.54) is 0 Å². The number of carbonyl (C=O) groups is 1. The Kier molecular flexibility index (Phi) is 8.25. The van der Waals surface area contributed by atoms with E-state index in [4.69, 9.17) is 5.11 Å². The van der Waals surface area contributed by atoms with Gasteiger partial charge in [0.2, 0.25) is 5.91 Å². The second kappa shape index (κ2) is 8.52. The first-order valence-corrected chi connectivity index (χ1v) is 7.16. The van der Waals surface area contributed by atoms with E-state index in [1.54, 1.807) is 0 Å². The highest BCUT2D eigenvalue weighted by Gasteiger charge is 2.18. The molecule has 0 aliphatic heterocycles. The van der Waals surface area contributed by atoms with Crippen LogP contribution in [0.4, 0.5) is 0 Å². The summed E-state index contributed by atoms with van der Waals surface area (Å²) < 4.78 is 0. The molecule has 0 aromatic carbocycles. The van der Waals surface area contributed by atoms with Crippen molar-refractivity contribution < 1.29 is 9.90 Å². The summed E-state index contributed by atoms with van der Waals surface area (Å²) in [6.07, 6.45) is 3.44. The van der Waals surface area contributed by atoms with Gasteiger partial charge in [-0.3, -0.25) is 4.79 Å². The van der Waals surface area contributed by atoms with Gasteiger partial charge in [0.05, 0.1) is 0 Å². The quantitative estimate of drug-likeness (QED) is 0.702. The average molecular weight is 257 g/mol. The monoisotopic (exact) mass is 257 g/mol. The van der Waals surface area contributed by atoms with Gasteiger partial charge in [0, 0.05) is 19.6 Å². The van der Waals surface area contributed by atoms with Crippen molar-refractivity contribution >= 4 is 5.91 Å². The minimum atomic E-state index is 0.142. The smallest absolute Gasteiger partial charge is 0.220 e. The van der Waals surface area contributed by atoms with Crippen LogP contribution >= 0.6 is 0 Å². The van der Waals surface area contributed by atoms with E-state index in [2.05, 4.69) is 39.9 Å². The van der Waals surface area contributed by atoms with Gasteiger partial charge in [0.1, 0.15) is 0 Å². The first kappa shape index (κ1) is 17.4. The summed E-state index contributed by atoms with van der Waals surface area (Å²) in [7, 11) is 0. The second-order valence-electron chi connectivity index (χ2n) is 6.66. The number of rotatable bonds is 8. The molecule has 0 aromatic heterocycles. The van der Waals surface area contributed by atoms with Crippen molar-refractivity contribution in [3.05, 3.63) is 0 Å². The Morgan fingerprint density at radius 3 is 2.39 bits per heavy atom. The molecule has 2 N–H and O–H groups in total. The van der Waals surface area contributed by atoms with E-state index in [1.807, 2.05) is 0 Å². The van der Waals surface area contributed by atoms with Crippen molar-refractivity contribution in [2.75, 3.05) is 13.2 Å². The maximum absolute atomic E-state index is 11.8. The van der Waals surface area contributed by atoms with Crippen LogP contribution in [0.3, 0.4) is 0 Å². The third-order valence-corrected chi connectivity index (χ3v) is 3.20. The van der Waals surface area contributed by atoms with Crippen molar-refractivity contribution in [2.24, 2.45) is 17.3 Å². The molecule has 2 atom stereocenters. The lowest BCUT2D eigenvalue weighted by molar-refractivity contribution is -0.122. The van der Waals surface area contributed by atoms with Crippen LogP contribution in [0, 0.1) is 17.3 Å². The van der Waals surface area contributed by atoms with Gasteiger partial charge in [-0.2, -0.15) is 0 Å². The van der Waals surface area contributed by atoms with Crippen molar-refractivity contribution in [2.45, 2.75) is 60.3 Å². The Bertz CT molecular complexity index is 233. The van der Waals surface area contributed by atoms with Crippen molar-refractivity contribution in [1.82, 2.24) is 5.32 Å². The molecule has 0 saturated heterocycles. The summed E-state index contributed by atoms with van der Waals surface area (Å²) in [4.78, 5) is 11.8. The number of hydrogen-bond acceptors (Lipinski definition) is 2. The van der Waals surface area contributed by atoms with Crippen LogP contribution in [0.5, 0.6) is 0 Å². The molecule has 0 bridgehead atoms. The number of amides is 1. The van der Waals surface area contributed by atoms with Gasteiger partial charge < -0.3 is 10.4 Å². The SMILES string of the molecule is CCC(CCO)CNC(=O)CC(C)CC(C)(C)C. The zero-order chi connectivity index (χ0) is 14.2. The van der Waals surface area contributed by atoms with Crippen LogP contribution in [0.1, 0.15) is 60.3 Å². The fourth-order valence-corrected chi connectivity index (χ4v) is 2.40.